The first-order valence-electron chi connectivity index (χ1n) is 4.72. The summed E-state index contributed by atoms with van der Waals surface area (Å²) in [6.07, 6.45) is 1.58. The van der Waals surface area contributed by atoms with E-state index in [1.54, 1.807) is 18.3 Å². The van der Waals surface area contributed by atoms with Gasteiger partial charge in [0, 0.05) is 17.6 Å². The number of nitrogens with zero attached hydrogens (tertiary/aromatic N) is 2. The van der Waals surface area contributed by atoms with E-state index in [1.165, 1.54) is 14.2 Å². The minimum absolute atomic E-state index is 0.182. The lowest BCUT2D eigenvalue weighted by Gasteiger charge is -2.08. The highest BCUT2D eigenvalue weighted by Crippen LogP contribution is 2.32. The first-order chi connectivity index (χ1) is 8.24. The number of hydrogen-bond acceptors (Lipinski definition) is 7. The van der Waals surface area contributed by atoms with Crippen LogP contribution in [0.4, 0.5) is 5.95 Å². The van der Waals surface area contributed by atoms with Crippen LogP contribution >= 0.6 is 0 Å². The van der Waals surface area contributed by atoms with E-state index in [0.29, 0.717) is 17.0 Å². The lowest BCUT2D eigenvalue weighted by atomic mass is 10.2. The molecule has 1 aromatic carbocycles. The standard InChI is InChI=1S/C10H11N3O4/c1-14-16-8-3-6-5-12-10(11)13-7(6)4-9(8)17-15-2/h3-5H,1-2H3,(H2,11,12,13). The predicted molar refractivity (Wildman–Crippen MR) is 59.2 cm³/mol. The molecule has 0 spiro atoms. The lowest BCUT2D eigenvalue weighted by molar-refractivity contribution is -0.201. The van der Waals surface area contributed by atoms with Crippen molar-refractivity contribution in [2.24, 2.45) is 0 Å². The fourth-order valence-corrected chi connectivity index (χ4v) is 1.36. The van der Waals surface area contributed by atoms with Gasteiger partial charge in [-0.2, -0.15) is 9.78 Å². The van der Waals surface area contributed by atoms with Crippen LogP contribution in [0, 0.1) is 0 Å². The van der Waals surface area contributed by atoms with E-state index in [0.717, 1.165) is 5.39 Å². The summed E-state index contributed by atoms with van der Waals surface area (Å²) < 4.78 is 0. The second-order valence-corrected chi connectivity index (χ2v) is 3.09. The zero-order chi connectivity index (χ0) is 12.3. The quantitative estimate of drug-likeness (QED) is 0.628. The molecular weight excluding hydrogens is 226 g/mol. The van der Waals surface area contributed by atoms with Crippen LogP contribution in [-0.2, 0) is 9.78 Å². The van der Waals surface area contributed by atoms with E-state index in [1.807, 2.05) is 0 Å². The van der Waals surface area contributed by atoms with Gasteiger partial charge in [0.05, 0.1) is 19.7 Å². The normalized spacial score (nSPS) is 10.5. The molecule has 0 unspecified atom stereocenters. The first kappa shape index (κ1) is 11.4. The van der Waals surface area contributed by atoms with Crippen LogP contribution < -0.4 is 15.5 Å². The Kier molecular flexibility index (Phi) is 3.22. The molecule has 1 heterocycles. The second-order valence-electron chi connectivity index (χ2n) is 3.09. The Labute approximate surface area is 96.9 Å². The van der Waals surface area contributed by atoms with Crippen molar-refractivity contribution in [3.05, 3.63) is 18.3 Å². The molecule has 0 saturated carbocycles. The highest BCUT2D eigenvalue weighted by atomic mass is 17.2. The molecule has 2 N–H and O–H groups in total. The van der Waals surface area contributed by atoms with E-state index in [4.69, 9.17) is 15.5 Å². The Morgan fingerprint density at radius 2 is 1.71 bits per heavy atom. The second kappa shape index (κ2) is 4.81. The van der Waals surface area contributed by atoms with Gasteiger partial charge in [-0.05, 0) is 6.07 Å². The first-order valence-corrected chi connectivity index (χ1v) is 4.72. The Bertz CT molecular complexity index is 532. The van der Waals surface area contributed by atoms with Crippen molar-refractivity contribution in [2.75, 3.05) is 20.0 Å². The number of nitrogen functional groups attached to an aromatic ring is 1. The van der Waals surface area contributed by atoms with Gasteiger partial charge in [0.25, 0.3) is 0 Å². The zero-order valence-corrected chi connectivity index (χ0v) is 9.34. The van der Waals surface area contributed by atoms with Crippen molar-refractivity contribution in [1.82, 2.24) is 9.97 Å². The molecule has 0 radical (unpaired) electrons. The summed E-state index contributed by atoms with van der Waals surface area (Å²) in [5.41, 5.74) is 6.11. The van der Waals surface area contributed by atoms with E-state index in [-0.39, 0.29) is 5.95 Å². The van der Waals surface area contributed by atoms with Gasteiger partial charge >= 0.3 is 0 Å². The van der Waals surface area contributed by atoms with Crippen LogP contribution in [-0.4, -0.2) is 24.2 Å². The molecule has 17 heavy (non-hydrogen) atoms. The summed E-state index contributed by atoms with van der Waals surface area (Å²) in [5, 5.41) is 0.745. The highest BCUT2D eigenvalue weighted by molar-refractivity contribution is 5.82. The fourth-order valence-electron chi connectivity index (χ4n) is 1.36. The smallest absolute Gasteiger partial charge is 0.220 e. The van der Waals surface area contributed by atoms with Crippen LogP contribution in [0.1, 0.15) is 0 Å². The van der Waals surface area contributed by atoms with Gasteiger partial charge < -0.3 is 15.5 Å². The van der Waals surface area contributed by atoms with Crippen molar-refractivity contribution < 1.29 is 19.6 Å². The largest absolute Gasteiger partial charge is 0.368 e. The molecule has 0 atom stereocenters. The van der Waals surface area contributed by atoms with Crippen molar-refractivity contribution in [2.45, 2.75) is 0 Å². The summed E-state index contributed by atoms with van der Waals surface area (Å²) in [4.78, 5) is 27.0. The van der Waals surface area contributed by atoms with Crippen LogP contribution in [0.15, 0.2) is 18.3 Å². The number of rotatable bonds is 4. The van der Waals surface area contributed by atoms with E-state index >= 15 is 0 Å². The van der Waals surface area contributed by atoms with Crippen molar-refractivity contribution in [1.29, 1.82) is 0 Å². The predicted octanol–water partition coefficient (Wildman–Crippen LogP) is 1.09. The van der Waals surface area contributed by atoms with Gasteiger partial charge in [-0.15, -0.1) is 0 Å². The van der Waals surface area contributed by atoms with Gasteiger partial charge in [-0.25, -0.2) is 9.97 Å². The number of hydrogen-bond donors (Lipinski definition) is 1. The van der Waals surface area contributed by atoms with Gasteiger partial charge in [0.2, 0.25) is 17.4 Å². The third-order valence-corrected chi connectivity index (χ3v) is 2.01. The molecule has 0 saturated heterocycles. The Morgan fingerprint density at radius 1 is 1.06 bits per heavy atom. The number of anilines is 1. The van der Waals surface area contributed by atoms with E-state index < -0.39 is 0 Å². The van der Waals surface area contributed by atoms with Crippen LogP contribution in [0.2, 0.25) is 0 Å². The number of benzene rings is 1. The Balaban J connectivity index is 2.55. The van der Waals surface area contributed by atoms with Crippen molar-refractivity contribution in [3.63, 3.8) is 0 Å². The molecule has 0 aliphatic heterocycles. The van der Waals surface area contributed by atoms with E-state index in [9.17, 15) is 0 Å². The maximum Gasteiger partial charge on any atom is 0.220 e. The molecule has 0 amide bonds. The lowest BCUT2D eigenvalue weighted by Crippen LogP contribution is -1.99. The highest BCUT2D eigenvalue weighted by Gasteiger charge is 2.11. The summed E-state index contributed by atoms with van der Waals surface area (Å²) in [6.45, 7) is 0. The molecule has 1 aromatic heterocycles. The van der Waals surface area contributed by atoms with Gasteiger partial charge in [-0.3, -0.25) is 0 Å². The fraction of sp³-hybridized carbons (Fsp3) is 0.200. The third kappa shape index (κ3) is 2.35. The minimum atomic E-state index is 0.182. The molecule has 0 fully saturated rings. The number of nitrogens with two attached hydrogens (primary N) is 1. The van der Waals surface area contributed by atoms with Crippen molar-refractivity contribution >= 4 is 16.9 Å². The van der Waals surface area contributed by atoms with Crippen LogP contribution in [0.25, 0.3) is 10.9 Å². The average molecular weight is 237 g/mol. The molecule has 7 heteroatoms. The number of aromatic nitrogens is 2. The summed E-state index contributed by atoms with van der Waals surface area (Å²) in [5.74, 6) is 0.872. The third-order valence-electron chi connectivity index (χ3n) is 2.01. The summed E-state index contributed by atoms with van der Waals surface area (Å²) in [6, 6.07) is 3.28. The van der Waals surface area contributed by atoms with E-state index in [2.05, 4.69) is 19.7 Å². The SMILES string of the molecule is COOc1cc2cnc(N)nc2cc1OOC. The topological polar surface area (TPSA) is 88.7 Å². The average Bonchev–Trinajstić information content (AvgIpc) is 2.31. The summed E-state index contributed by atoms with van der Waals surface area (Å²) >= 11 is 0. The molecule has 90 valence electrons. The Morgan fingerprint density at radius 3 is 2.35 bits per heavy atom. The summed E-state index contributed by atoms with van der Waals surface area (Å²) in [7, 11) is 2.77. The van der Waals surface area contributed by atoms with Crippen molar-refractivity contribution in [3.8, 4) is 11.5 Å². The molecular formula is C10H11N3O4. The molecule has 7 nitrogen and oxygen atoms in total. The molecule has 0 aliphatic rings. The number of fused-ring (bicyclic) bond motifs is 1. The monoisotopic (exact) mass is 237 g/mol. The zero-order valence-electron chi connectivity index (χ0n) is 9.34. The molecule has 0 bridgehead atoms. The van der Waals surface area contributed by atoms with Gasteiger partial charge in [0.1, 0.15) is 0 Å². The van der Waals surface area contributed by atoms with Gasteiger partial charge in [0.15, 0.2) is 0 Å². The molecule has 2 aromatic rings. The van der Waals surface area contributed by atoms with Crippen LogP contribution in [0.3, 0.4) is 0 Å². The maximum absolute atomic E-state index is 5.49. The molecule has 2 rings (SSSR count). The Hall–Kier alpha value is -2.12. The maximum atomic E-state index is 5.49. The molecule has 0 aliphatic carbocycles. The van der Waals surface area contributed by atoms with Crippen LogP contribution in [0.5, 0.6) is 11.5 Å². The minimum Gasteiger partial charge on any atom is -0.368 e. The van der Waals surface area contributed by atoms with Gasteiger partial charge in [-0.1, -0.05) is 0 Å².